The first-order chi connectivity index (χ1) is 13.7. The van der Waals surface area contributed by atoms with Crippen LogP contribution in [0.15, 0.2) is 23.3 Å². The average molecular weight is 406 g/mol. The fraction of sp³-hybridized carbons (Fsp3) is 0.696. The molecule has 1 saturated heterocycles. The molecule has 28 heavy (non-hydrogen) atoms. The van der Waals surface area contributed by atoms with Crippen LogP contribution in [0.1, 0.15) is 76.8 Å². The molecule has 2 aliphatic heterocycles. The lowest BCUT2D eigenvalue weighted by atomic mass is 9.86. The highest BCUT2D eigenvalue weighted by Gasteiger charge is 2.37. The Morgan fingerprint density at radius 1 is 1.14 bits per heavy atom. The van der Waals surface area contributed by atoms with Crippen LogP contribution in [-0.2, 0) is 0 Å². The zero-order valence-corrected chi connectivity index (χ0v) is 18.3. The maximum atomic E-state index is 6.64. The van der Waals surface area contributed by atoms with Crippen molar-refractivity contribution in [3.05, 3.63) is 28.8 Å². The number of hydrogen-bond acceptors (Lipinski definition) is 4. The van der Waals surface area contributed by atoms with Crippen molar-refractivity contribution in [1.82, 2.24) is 10.3 Å². The molecule has 0 saturated carbocycles. The Morgan fingerprint density at radius 2 is 1.93 bits per heavy atom. The Labute approximate surface area is 175 Å². The lowest BCUT2D eigenvalue weighted by Gasteiger charge is -2.33. The number of nitrogens with zero attached hydrogens (tertiary/aromatic N) is 2. The Balaban J connectivity index is 1.47. The van der Waals surface area contributed by atoms with Gasteiger partial charge in [0.1, 0.15) is 5.75 Å². The van der Waals surface area contributed by atoms with E-state index in [0.29, 0.717) is 5.92 Å². The summed E-state index contributed by atoms with van der Waals surface area (Å²) in [6.07, 6.45) is 10.1. The molecular weight excluding hydrogens is 370 g/mol. The zero-order chi connectivity index (χ0) is 19.8. The van der Waals surface area contributed by atoms with Crippen molar-refractivity contribution in [2.24, 2.45) is 11.0 Å². The number of ether oxygens (including phenoxy) is 1. The monoisotopic (exact) mass is 405 g/mol. The molecule has 5 heteroatoms. The third-order valence-corrected chi connectivity index (χ3v) is 6.41. The summed E-state index contributed by atoms with van der Waals surface area (Å²) in [6.45, 7) is 8.51. The number of rotatable bonds is 11. The van der Waals surface area contributed by atoms with E-state index in [1.807, 2.05) is 6.07 Å². The molecular formula is C23H36ClN3O. The van der Waals surface area contributed by atoms with Crippen LogP contribution in [0.3, 0.4) is 0 Å². The summed E-state index contributed by atoms with van der Waals surface area (Å²) >= 11 is 6.64. The lowest BCUT2D eigenvalue weighted by molar-refractivity contribution is 0.238. The Kier molecular flexibility index (Phi) is 8.47. The first-order valence-electron chi connectivity index (χ1n) is 11.2. The second-order valence-electron chi connectivity index (χ2n) is 8.11. The van der Waals surface area contributed by atoms with Crippen molar-refractivity contribution in [2.45, 2.75) is 71.3 Å². The Morgan fingerprint density at radius 3 is 2.68 bits per heavy atom. The van der Waals surface area contributed by atoms with Gasteiger partial charge in [-0.25, -0.2) is 0 Å². The van der Waals surface area contributed by atoms with E-state index in [1.54, 1.807) is 0 Å². The zero-order valence-electron chi connectivity index (χ0n) is 17.6. The summed E-state index contributed by atoms with van der Waals surface area (Å²) in [7, 11) is 0. The van der Waals surface area contributed by atoms with Crippen LogP contribution < -0.4 is 10.2 Å². The summed E-state index contributed by atoms with van der Waals surface area (Å²) in [5.74, 6) is 1.29. The molecule has 1 aromatic carbocycles. The number of nitrogens with one attached hydrogen (secondary N) is 1. The SMILES string of the molecule is CCCCCCCCCOc1ccc(C2NN=C3CCN(CC)CC32)c(Cl)c1. The second-order valence-corrected chi connectivity index (χ2v) is 8.52. The highest BCUT2D eigenvalue weighted by atomic mass is 35.5. The molecule has 4 nitrogen and oxygen atoms in total. The predicted octanol–water partition coefficient (Wildman–Crippen LogP) is 5.81. The van der Waals surface area contributed by atoms with Crippen LogP contribution in [0.5, 0.6) is 5.75 Å². The average Bonchev–Trinajstić information content (AvgIpc) is 3.13. The number of fused-ring (bicyclic) bond motifs is 1. The standard InChI is InChI=1S/C23H36ClN3O/c1-3-5-6-7-8-9-10-15-28-18-11-12-19(21(24)16-18)23-20-17-27(4-2)14-13-22(20)25-26-23/h11-12,16,20,23,26H,3-10,13-15,17H2,1-2H3. The van der Waals surface area contributed by atoms with Gasteiger partial charge in [-0.2, -0.15) is 5.10 Å². The molecule has 0 radical (unpaired) electrons. The van der Waals surface area contributed by atoms with Crippen molar-refractivity contribution in [1.29, 1.82) is 0 Å². The molecule has 0 spiro atoms. The number of hydrogen-bond donors (Lipinski definition) is 1. The molecule has 2 unspecified atom stereocenters. The van der Waals surface area contributed by atoms with Crippen LogP contribution in [0, 0.1) is 5.92 Å². The minimum absolute atomic E-state index is 0.175. The lowest BCUT2D eigenvalue weighted by Crippen LogP contribution is -2.41. The van der Waals surface area contributed by atoms with Crippen molar-refractivity contribution in [3.63, 3.8) is 0 Å². The maximum absolute atomic E-state index is 6.64. The number of halogens is 1. The van der Waals surface area contributed by atoms with Crippen LogP contribution >= 0.6 is 11.6 Å². The van der Waals surface area contributed by atoms with Crippen molar-refractivity contribution in [2.75, 3.05) is 26.2 Å². The second kappa shape index (κ2) is 11.1. The molecule has 3 rings (SSSR count). The third-order valence-electron chi connectivity index (χ3n) is 6.09. The summed E-state index contributed by atoms with van der Waals surface area (Å²) in [5.41, 5.74) is 5.76. The normalized spacial score (nSPS) is 21.9. The highest BCUT2D eigenvalue weighted by molar-refractivity contribution is 6.31. The number of likely N-dealkylation sites (tertiary alicyclic amines) is 1. The predicted molar refractivity (Wildman–Crippen MR) is 118 cm³/mol. The first-order valence-corrected chi connectivity index (χ1v) is 11.6. The molecule has 0 amide bonds. The van der Waals surface area contributed by atoms with Crippen LogP contribution in [-0.4, -0.2) is 36.9 Å². The van der Waals surface area contributed by atoms with Crippen LogP contribution in [0.4, 0.5) is 0 Å². The summed E-state index contributed by atoms with van der Waals surface area (Å²) in [4.78, 5) is 2.50. The maximum Gasteiger partial charge on any atom is 0.120 e. The van der Waals surface area contributed by atoms with E-state index < -0.39 is 0 Å². The van der Waals surface area contributed by atoms with Crippen molar-refractivity contribution in [3.8, 4) is 5.75 Å². The van der Waals surface area contributed by atoms with E-state index in [2.05, 4.69) is 41.4 Å². The smallest absolute Gasteiger partial charge is 0.120 e. The Bertz CT molecular complexity index is 649. The molecule has 1 N–H and O–H groups in total. The Hall–Kier alpha value is -1.26. The molecule has 1 fully saturated rings. The molecule has 2 aliphatic rings. The van der Waals surface area contributed by atoms with Gasteiger partial charge in [0.25, 0.3) is 0 Å². The van der Waals surface area contributed by atoms with Gasteiger partial charge in [-0.15, -0.1) is 0 Å². The fourth-order valence-corrected chi connectivity index (χ4v) is 4.57. The fourth-order valence-electron chi connectivity index (χ4n) is 4.28. The number of hydrazone groups is 1. The van der Waals surface area contributed by atoms with Gasteiger partial charge in [0, 0.05) is 36.2 Å². The number of unbranched alkanes of at least 4 members (excludes halogenated alkanes) is 6. The van der Waals surface area contributed by atoms with E-state index in [1.165, 1.54) is 44.2 Å². The van der Waals surface area contributed by atoms with Gasteiger partial charge < -0.3 is 15.1 Å². The van der Waals surface area contributed by atoms with E-state index in [4.69, 9.17) is 16.3 Å². The summed E-state index contributed by atoms with van der Waals surface area (Å²) < 4.78 is 5.93. The number of piperidine rings is 1. The van der Waals surface area contributed by atoms with Gasteiger partial charge in [0.15, 0.2) is 0 Å². The largest absolute Gasteiger partial charge is 0.494 e. The van der Waals surface area contributed by atoms with Crippen LogP contribution in [0.2, 0.25) is 5.02 Å². The highest BCUT2D eigenvalue weighted by Crippen LogP contribution is 2.37. The summed E-state index contributed by atoms with van der Waals surface area (Å²) in [5, 5.41) is 5.37. The van der Waals surface area contributed by atoms with Gasteiger partial charge in [0.05, 0.1) is 12.6 Å². The third kappa shape index (κ3) is 5.64. The van der Waals surface area contributed by atoms with E-state index in [9.17, 15) is 0 Å². The van der Waals surface area contributed by atoms with E-state index >= 15 is 0 Å². The summed E-state index contributed by atoms with van der Waals surface area (Å²) in [6, 6.07) is 6.32. The van der Waals surface area contributed by atoms with Gasteiger partial charge >= 0.3 is 0 Å². The molecule has 2 atom stereocenters. The van der Waals surface area contributed by atoms with Gasteiger partial charge in [-0.3, -0.25) is 0 Å². The van der Waals surface area contributed by atoms with Gasteiger partial charge in [-0.1, -0.05) is 70.0 Å². The minimum atomic E-state index is 0.175. The van der Waals surface area contributed by atoms with E-state index in [-0.39, 0.29) is 6.04 Å². The molecule has 156 valence electrons. The molecule has 1 aromatic rings. The van der Waals surface area contributed by atoms with Crippen LogP contribution in [0.25, 0.3) is 0 Å². The molecule has 0 aliphatic carbocycles. The molecule has 2 heterocycles. The number of benzene rings is 1. The first kappa shape index (κ1) is 21.4. The molecule has 0 bridgehead atoms. The van der Waals surface area contributed by atoms with Crippen molar-refractivity contribution < 1.29 is 4.74 Å². The topological polar surface area (TPSA) is 36.9 Å². The quantitative estimate of drug-likeness (QED) is 0.472. The van der Waals surface area contributed by atoms with E-state index in [0.717, 1.165) is 55.4 Å². The van der Waals surface area contributed by atoms with Gasteiger partial charge in [0.2, 0.25) is 0 Å². The minimum Gasteiger partial charge on any atom is -0.494 e. The molecule has 0 aromatic heterocycles. The van der Waals surface area contributed by atoms with Gasteiger partial charge in [-0.05, 0) is 30.7 Å². The van der Waals surface area contributed by atoms with Crippen molar-refractivity contribution >= 4 is 17.3 Å².